The Labute approximate surface area is 129 Å². The molecule has 0 aliphatic carbocycles. The summed E-state index contributed by atoms with van der Waals surface area (Å²) < 4.78 is 1.57. The fourth-order valence-corrected chi connectivity index (χ4v) is 9.49. The quantitative estimate of drug-likeness (QED) is 0.586. The molecule has 0 fully saturated rings. The molecule has 0 saturated carbocycles. The van der Waals surface area contributed by atoms with E-state index >= 15 is 0 Å². The molecule has 1 aromatic heterocycles. The van der Waals surface area contributed by atoms with Crippen LogP contribution in [0.25, 0.3) is 10.4 Å². The van der Waals surface area contributed by atoms with Crippen molar-refractivity contribution >= 4 is 23.9 Å². The first kappa shape index (κ1) is 15.7. The number of thiophene rings is 1. The van der Waals surface area contributed by atoms with E-state index < -0.39 is 0 Å². The minimum Gasteiger partial charge on any atom is -0.135 e. The van der Waals surface area contributed by atoms with Crippen molar-refractivity contribution in [2.45, 2.75) is 51.9 Å². The van der Waals surface area contributed by atoms with Crippen molar-refractivity contribution in [1.29, 1.82) is 0 Å². The predicted octanol–water partition coefficient (Wildman–Crippen LogP) is 6.12. The molecule has 2 heteroatoms. The van der Waals surface area contributed by atoms with Crippen LogP contribution in [0.3, 0.4) is 0 Å². The van der Waals surface area contributed by atoms with Crippen molar-refractivity contribution in [1.82, 2.24) is 0 Å². The number of benzene rings is 1. The first-order valence-electron chi connectivity index (χ1n) is 7.15. The van der Waals surface area contributed by atoms with E-state index in [2.05, 4.69) is 84.0 Å². The monoisotopic (exact) mass is 304 g/mol. The van der Waals surface area contributed by atoms with E-state index in [1.165, 1.54) is 10.4 Å². The summed E-state index contributed by atoms with van der Waals surface area (Å²) in [5.41, 5.74) is 1.33. The van der Waals surface area contributed by atoms with Gasteiger partial charge in [0.05, 0.1) is 0 Å². The molecule has 108 valence electrons. The first-order chi connectivity index (χ1) is 9.19. The minimum absolute atomic E-state index is 0.189. The van der Waals surface area contributed by atoms with Crippen LogP contribution in [0.1, 0.15) is 41.5 Å². The highest BCUT2D eigenvalue weighted by Crippen LogP contribution is 2.59. The summed E-state index contributed by atoms with van der Waals surface area (Å²) in [6, 6.07) is 15.4. The second kappa shape index (κ2) is 5.62. The molecule has 2 rings (SSSR count). The Morgan fingerprint density at radius 3 is 1.80 bits per heavy atom. The summed E-state index contributed by atoms with van der Waals surface area (Å²) in [5.74, 6) is 0. The molecule has 0 saturated heterocycles. The minimum atomic E-state index is -0.189. The lowest BCUT2D eigenvalue weighted by Gasteiger charge is -2.40. The van der Waals surface area contributed by atoms with Crippen LogP contribution in [-0.2, 0) is 0 Å². The van der Waals surface area contributed by atoms with E-state index in [9.17, 15) is 0 Å². The van der Waals surface area contributed by atoms with Gasteiger partial charge in [0.1, 0.15) is 0 Å². The molecule has 1 heterocycles. The fraction of sp³-hybridized carbons (Fsp3) is 0.444. The highest BCUT2D eigenvalue weighted by molar-refractivity contribution is 7.74. The molecular weight excluding hydrogens is 279 g/mol. The molecule has 0 nitrogen and oxygen atoms in total. The summed E-state index contributed by atoms with van der Waals surface area (Å²) in [6.07, 6.45) is 0. The zero-order valence-electron chi connectivity index (χ0n) is 13.4. The van der Waals surface area contributed by atoms with Gasteiger partial charge in [0.25, 0.3) is 0 Å². The van der Waals surface area contributed by atoms with Crippen molar-refractivity contribution in [3.8, 4) is 10.4 Å². The number of hydrogen-bond acceptors (Lipinski definition) is 1. The Hall–Kier alpha value is -0.650. The maximum Gasteiger partial charge on any atom is 0.0349 e. The van der Waals surface area contributed by atoms with Gasteiger partial charge in [-0.25, -0.2) is 0 Å². The second-order valence-electron chi connectivity index (χ2n) is 7.18. The van der Waals surface area contributed by atoms with Crippen LogP contribution in [-0.4, -0.2) is 10.3 Å². The van der Waals surface area contributed by atoms with Gasteiger partial charge in [-0.3, -0.25) is 0 Å². The molecule has 0 N–H and O–H groups in total. The van der Waals surface area contributed by atoms with E-state index in [0.29, 0.717) is 10.3 Å². The molecule has 0 spiro atoms. The lowest BCUT2D eigenvalue weighted by Crippen LogP contribution is -2.29. The van der Waals surface area contributed by atoms with Crippen LogP contribution in [0.15, 0.2) is 42.5 Å². The maximum atomic E-state index is 2.38. The van der Waals surface area contributed by atoms with Gasteiger partial charge in [-0.2, -0.15) is 0 Å². The highest BCUT2D eigenvalue weighted by Gasteiger charge is 2.36. The normalized spacial score (nSPS) is 12.9. The number of hydrogen-bond donors (Lipinski definition) is 0. The molecular formula is C18H25PS. The highest BCUT2D eigenvalue weighted by atomic mass is 32.1. The van der Waals surface area contributed by atoms with Crippen molar-refractivity contribution in [3.05, 3.63) is 42.5 Å². The van der Waals surface area contributed by atoms with Crippen LogP contribution in [0.2, 0.25) is 0 Å². The second-order valence-corrected chi connectivity index (χ2v) is 12.4. The Kier molecular flexibility index (Phi) is 4.42. The Bertz CT molecular complexity index is 541. The standard InChI is InChI=1S/C18H25PS/c1-17(2,3)19(18(4,5)6)16-13-12-15(20-16)14-10-8-7-9-11-14/h7-13H,1-6H3. The fourth-order valence-electron chi connectivity index (χ4n) is 2.87. The SMILES string of the molecule is CC(C)(C)P(c1ccc(-c2ccccc2)s1)C(C)(C)C. The topological polar surface area (TPSA) is 0 Å². The van der Waals surface area contributed by atoms with E-state index in [-0.39, 0.29) is 7.92 Å². The summed E-state index contributed by atoms with van der Waals surface area (Å²) >= 11 is 1.98. The van der Waals surface area contributed by atoms with Crippen molar-refractivity contribution in [3.63, 3.8) is 0 Å². The van der Waals surface area contributed by atoms with Crippen molar-refractivity contribution in [2.24, 2.45) is 0 Å². The summed E-state index contributed by atoms with van der Waals surface area (Å²) in [6.45, 7) is 14.3. The Morgan fingerprint density at radius 1 is 0.750 bits per heavy atom. The lowest BCUT2D eigenvalue weighted by molar-refractivity contribution is 0.715. The van der Waals surface area contributed by atoms with Gasteiger partial charge in [0.15, 0.2) is 0 Å². The molecule has 20 heavy (non-hydrogen) atoms. The van der Waals surface area contributed by atoms with Gasteiger partial charge < -0.3 is 0 Å². The molecule has 2 aromatic rings. The smallest absolute Gasteiger partial charge is 0.0349 e. The van der Waals surface area contributed by atoms with Crippen LogP contribution >= 0.6 is 19.3 Å². The summed E-state index contributed by atoms with van der Waals surface area (Å²) in [4.78, 5) is 1.39. The van der Waals surface area contributed by atoms with Gasteiger partial charge in [-0.1, -0.05) is 79.8 Å². The van der Waals surface area contributed by atoms with E-state index in [0.717, 1.165) is 0 Å². The van der Waals surface area contributed by atoms with E-state index in [4.69, 9.17) is 0 Å². The first-order valence-corrected chi connectivity index (χ1v) is 9.31. The summed E-state index contributed by atoms with van der Waals surface area (Å²) in [5, 5.41) is 0.679. The predicted molar refractivity (Wildman–Crippen MR) is 95.8 cm³/mol. The largest absolute Gasteiger partial charge is 0.135 e. The van der Waals surface area contributed by atoms with E-state index in [1.807, 2.05) is 11.3 Å². The van der Waals surface area contributed by atoms with Crippen LogP contribution in [0.4, 0.5) is 0 Å². The molecule has 0 bridgehead atoms. The van der Waals surface area contributed by atoms with Gasteiger partial charge >= 0.3 is 0 Å². The van der Waals surface area contributed by atoms with Gasteiger partial charge in [-0.05, 0) is 28.0 Å². The third-order valence-corrected chi connectivity index (χ3v) is 8.24. The molecule has 1 aromatic carbocycles. The van der Waals surface area contributed by atoms with Crippen LogP contribution in [0.5, 0.6) is 0 Å². The molecule has 0 aliphatic rings. The molecule has 0 radical (unpaired) electrons. The maximum absolute atomic E-state index is 2.38. The van der Waals surface area contributed by atoms with Crippen LogP contribution < -0.4 is 4.62 Å². The van der Waals surface area contributed by atoms with Gasteiger partial charge in [-0.15, -0.1) is 11.3 Å². The zero-order valence-corrected chi connectivity index (χ0v) is 15.1. The Morgan fingerprint density at radius 2 is 1.30 bits per heavy atom. The lowest BCUT2D eigenvalue weighted by atomic mass is 10.2. The average Bonchev–Trinajstić information content (AvgIpc) is 2.75. The third-order valence-electron chi connectivity index (χ3n) is 3.21. The Balaban J connectivity index is 2.41. The number of rotatable bonds is 2. The molecule has 0 aliphatic heterocycles. The van der Waals surface area contributed by atoms with E-state index in [1.54, 1.807) is 4.62 Å². The van der Waals surface area contributed by atoms with Crippen molar-refractivity contribution in [2.75, 3.05) is 0 Å². The zero-order chi connectivity index (χ0) is 15.0. The van der Waals surface area contributed by atoms with Crippen LogP contribution in [0, 0.1) is 0 Å². The van der Waals surface area contributed by atoms with Gasteiger partial charge in [0, 0.05) is 9.50 Å². The average molecular weight is 304 g/mol. The summed E-state index contributed by atoms with van der Waals surface area (Å²) in [7, 11) is -0.189. The third kappa shape index (κ3) is 3.51. The van der Waals surface area contributed by atoms with Gasteiger partial charge in [0.2, 0.25) is 0 Å². The molecule has 0 atom stereocenters. The molecule has 0 amide bonds. The molecule has 0 unspecified atom stereocenters. The van der Waals surface area contributed by atoms with Crippen molar-refractivity contribution < 1.29 is 0 Å².